The number of likely N-dealkylation sites (tertiary alicyclic amines) is 1. The Morgan fingerprint density at radius 3 is 3.10 bits per heavy atom. The monoisotopic (exact) mass is 141 g/mol. The maximum Gasteiger partial charge on any atom is 0.0587 e. The first-order valence-corrected chi connectivity index (χ1v) is 3.84. The third-order valence-corrected chi connectivity index (χ3v) is 2.07. The van der Waals surface area contributed by atoms with Gasteiger partial charge in [0.2, 0.25) is 0 Å². The Morgan fingerprint density at radius 1 is 1.70 bits per heavy atom. The zero-order valence-electron chi connectivity index (χ0n) is 6.29. The normalized spacial score (nSPS) is 27.1. The van der Waals surface area contributed by atoms with Gasteiger partial charge in [0.1, 0.15) is 0 Å². The molecule has 58 valence electrons. The number of hydrogen-bond donors (Lipinski definition) is 1. The maximum atomic E-state index is 8.89. The van der Waals surface area contributed by atoms with Crippen LogP contribution in [0.5, 0.6) is 0 Å². The molecule has 0 bridgehead atoms. The van der Waals surface area contributed by atoms with E-state index in [0.29, 0.717) is 12.6 Å². The van der Waals surface area contributed by atoms with E-state index >= 15 is 0 Å². The lowest BCUT2D eigenvalue weighted by Gasteiger charge is -2.20. The molecule has 1 rings (SSSR count). The minimum absolute atomic E-state index is 0.299. The zero-order chi connectivity index (χ0) is 7.40. The van der Waals surface area contributed by atoms with Crippen LogP contribution < -0.4 is 0 Å². The summed E-state index contributed by atoms with van der Waals surface area (Å²) in [5, 5.41) is 8.89. The third kappa shape index (κ3) is 1.58. The second kappa shape index (κ2) is 3.74. The molecule has 0 unspecified atom stereocenters. The van der Waals surface area contributed by atoms with Gasteiger partial charge in [0, 0.05) is 12.6 Å². The average molecular weight is 141 g/mol. The predicted octanol–water partition coefficient (Wildman–Crippen LogP) is 0.629. The van der Waals surface area contributed by atoms with Gasteiger partial charge in [-0.3, -0.25) is 4.90 Å². The van der Waals surface area contributed by atoms with Gasteiger partial charge in [-0.25, -0.2) is 0 Å². The van der Waals surface area contributed by atoms with Crippen LogP contribution in [-0.2, 0) is 0 Å². The summed E-state index contributed by atoms with van der Waals surface area (Å²) in [6.07, 6.45) is 4.26. The smallest absolute Gasteiger partial charge is 0.0587 e. The van der Waals surface area contributed by atoms with Gasteiger partial charge in [0.15, 0.2) is 0 Å². The van der Waals surface area contributed by atoms with Crippen molar-refractivity contribution in [1.82, 2.24) is 4.90 Å². The summed E-state index contributed by atoms with van der Waals surface area (Å²) in [6, 6.07) is 0.401. The van der Waals surface area contributed by atoms with Crippen molar-refractivity contribution in [3.05, 3.63) is 12.7 Å². The largest absolute Gasteiger partial charge is 0.395 e. The van der Waals surface area contributed by atoms with E-state index < -0.39 is 0 Å². The molecule has 1 N–H and O–H groups in total. The van der Waals surface area contributed by atoms with Gasteiger partial charge in [-0.05, 0) is 19.4 Å². The van der Waals surface area contributed by atoms with Crippen molar-refractivity contribution in [3.8, 4) is 0 Å². The molecule has 10 heavy (non-hydrogen) atoms. The molecule has 0 aromatic carbocycles. The van der Waals surface area contributed by atoms with Crippen LogP contribution in [0.3, 0.4) is 0 Å². The van der Waals surface area contributed by atoms with E-state index in [1.165, 1.54) is 6.42 Å². The van der Waals surface area contributed by atoms with Gasteiger partial charge in [0.05, 0.1) is 6.61 Å². The van der Waals surface area contributed by atoms with Crippen molar-refractivity contribution in [2.45, 2.75) is 18.9 Å². The Kier molecular flexibility index (Phi) is 2.90. The number of aliphatic hydroxyl groups excluding tert-OH is 1. The van der Waals surface area contributed by atoms with Crippen LogP contribution in [0.4, 0.5) is 0 Å². The van der Waals surface area contributed by atoms with Crippen LogP contribution in [-0.4, -0.2) is 35.7 Å². The second-order valence-electron chi connectivity index (χ2n) is 2.76. The number of hydrogen-bond acceptors (Lipinski definition) is 2. The van der Waals surface area contributed by atoms with Crippen LogP contribution in [0.2, 0.25) is 0 Å². The van der Waals surface area contributed by atoms with Gasteiger partial charge in [-0.2, -0.15) is 0 Å². The van der Waals surface area contributed by atoms with Crippen molar-refractivity contribution in [2.75, 3.05) is 19.7 Å². The Bertz CT molecular complexity index is 114. The summed E-state index contributed by atoms with van der Waals surface area (Å²) >= 11 is 0. The van der Waals surface area contributed by atoms with E-state index in [0.717, 1.165) is 19.5 Å². The molecule has 2 heteroatoms. The highest BCUT2D eigenvalue weighted by atomic mass is 16.3. The molecule has 1 saturated heterocycles. The molecule has 1 aliphatic heterocycles. The lowest BCUT2D eigenvalue weighted by atomic mass is 10.2. The van der Waals surface area contributed by atoms with Gasteiger partial charge < -0.3 is 5.11 Å². The van der Waals surface area contributed by atoms with E-state index in [2.05, 4.69) is 11.5 Å². The first-order chi connectivity index (χ1) is 4.88. The fourth-order valence-electron chi connectivity index (χ4n) is 1.51. The zero-order valence-corrected chi connectivity index (χ0v) is 6.29. The molecular formula is C8H15NO. The van der Waals surface area contributed by atoms with Crippen LogP contribution in [0, 0.1) is 0 Å². The standard InChI is InChI=1S/C8H15NO/c1-2-5-9-6-3-4-8(9)7-10/h2,8,10H,1,3-7H2/t8-/m1/s1. The summed E-state index contributed by atoms with van der Waals surface area (Å²) in [6.45, 7) is 6.01. The lowest BCUT2D eigenvalue weighted by Crippen LogP contribution is -2.32. The van der Waals surface area contributed by atoms with E-state index in [-0.39, 0.29) is 0 Å². The van der Waals surface area contributed by atoms with Crippen molar-refractivity contribution >= 4 is 0 Å². The van der Waals surface area contributed by atoms with E-state index in [1.54, 1.807) is 0 Å². The second-order valence-corrected chi connectivity index (χ2v) is 2.76. The summed E-state index contributed by atoms with van der Waals surface area (Å²) in [7, 11) is 0. The van der Waals surface area contributed by atoms with Gasteiger partial charge in [-0.15, -0.1) is 6.58 Å². The number of nitrogens with zero attached hydrogens (tertiary/aromatic N) is 1. The van der Waals surface area contributed by atoms with Gasteiger partial charge in [0.25, 0.3) is 0 Å². The molecule has 0 saturated carbocycles. The van der Waals surface area contributed by atoms with Crippen LogP contribution in [0.1, 0.15) is 12.8 Å². The highest BCUT2D eigenvalue weighted by molar-refractivity contribution is 4.83. The Labute approximate surface area is 62.2 Å². The van der Waals surface area contributed by atoms with Crippen LogP contribution in [0.25, 0.3) is 0 Å². The molecule has 0 amide bonds. The van der Waals surface area contributed by atoms with Crippen LogP contribution in [0.15, 0.2) is 12.7 Å². The molecule has 0 spiro atoms. The number of aliphatic hydroxyl groups is 1. The molecule has 2 nitrogen and oxygen atoms in total. The molecule has 0 aromatic heterocycles. The summed E-state index contributed by atoms with van der Waals surface area (Å²) in [5.41, 5.74) is 0. The molecule has 0 radical (unpaired) electrons. The first-order valence-electron chi connectivity index (χ1n) is 3.84. The lowest BCUT2D eigenvalue weighted by molar-refractivity contribution is 0.170. The predicted molar refractivity (Wildman–Crippen MR) is 41.9 cm³/mol. The SMILES string of the molecule is C=CCN1CCC[C@@H]1CO. The van der Waals surface area contributed by atoms with Crippen molar-refractivity contribution < 1.29 is 5.11 Å². The van der Waals surface area contributed by atoms with Crippen LogP contribution >= 0.6 is 0 Å². The summed E-state index contributed by atoms with van der Waals surface area (Å²) in [4.78, 5) is 2.27. The minimum atomic E-state index is 0.299. The quantitative estimate of drug-likeness (QED) is 0.583. The summed E-state index contributed by atoms with van der Waals surface area (Å²) < 4.78 is 0. The molecule has 0 aliphatic carbocycles. The average Bonchev–Trinajstić information content (AvgIpc) is 2.36. The highest BCUT2D eigenvalue weighted by Crippen LogP contribution is 2.15. The first kappa shape index (κ1) is 7.76. The molecule has 1 fully saturated rings. The van der Waals surface area contributed by atoms with E-state index in [9.17, 15) is 0 Å². The van der Waals surface area contributed by atoms with E-state index in [1.807, 2.05) is 6.08 Å². The van der Waals surface area contributed by atoms with Crippen molar-refractivity contribution in [3.63, 3.8) is 0 Å². The fraction of sp³-hybridized carbons (Fsp3) is 0.750. The summed E-state index contributed by atoms with van der Waals surface area (Å²) in [5.74, 6) is 0. The molecule has 1 atom stereocenters. The van der Waals surface area contributed by atoms with Gasteiger partial charge in [-0.1, -0.05) is 6.08 Å². The van der Waals surface area contributed by atoms with Crippen molar-refractivity contribution in [2.24, 2.45) is 0 Å². The fourth-order valence-corrected chi connectivity index (χ4v) is 1.51. The molecule has 1 heterocycles. The van der Waals surface area contributed by atoms with Crippen molar-refractivity contribution in [1.29, 1.82) is 0 Å². The van der Waals surface area contributed by atoms with E-state index in [4.69, 9.17) is 5.11 Å². The number of rotatable bonds is 3. The molecule has 0 aromatic rings. The topological polar surface area (TPSA) is 23.5 Å². The Hall–Kier alpha value is -0.340. The molecule has 1 aliphatic rings. The van der Waals surface area contributed by atoms with Gasteiger partial charge >= 0.3 is 0 Å². The Balaban J connectivity index is 2.34. The highest BCUT2D eigenvalue weighted by Gasteiger charge is 2.21. The Morgan fingerprint density at radius 2 is 2.50 bits per heavy atom. The third-order valence-electron chi connectivity index (χ3n) is 2.07. The molecular weight excluding hydrogens is 126 g/mol. The maximum absolute atomic E-state index is 8.89. The minimum Gasteiger partial charge on any atom is -0.395 e.